The van der Waals surface area contributed by atoms with Crippen LogP contribution in [0.2, 0.25) is 0 Å². The Kier molecular flexibility index (Phi) is 9.04. The Balaban J connectivity index is 2.20. The Hall–Kier alpha value is 0.180. The molecule has 0 unspecified atom stereocenters. The van der Waals surface area contributed by atoms with Crippen LogP contribution in [0.5, 0.6) is 0 Å². The molecule has 0 nitrogen and oxygen atoms in total. The van der Waals surface area contributed by atoms with Crippen molar-refractivity contribution < 1.29 is 0 Å². The van der Waals surface area contributed by atoms with Gasteiger partial charge in [0.05, 0.1) is 0 Å². The van der Waals surface area contributed by atoms with Gasteiger partial charge in [-0.05, 0) is 36.1 Å². The monoisotopic (exact) mass is 374 g/mol. The molecule has 102 valence electrons. The first-order valence-electron chi connectivity index (χ1n) is 7.10. The van der Waals surface area contributed by atoms with Crippen LogP contribution in [0.3, 0.4) is 0 Å². The number of benzene rings is 1. The first-order chi connectivity index (χ1) is 8.76. The van der Waals surface area contributed by atoms with Crippen LogP contribution in [0.25, 0.3) is 0 Å². The predicted molar refractivity (Wildman–Crippen MR) is 88.5 cm³/mol. The van der Waals surface area contributed by atoms with Gasteiger partial charge in [-0.3, -0.25) is 0 Å². The van der Waals surface area contributed by atoms with E-state index < -0.39 is 0 Å². The molecule has 18 heavy (non-hydrogen) atoms. The molecule has 0 heterocycles. The van der Waals surface area contributed by atoms with Crippen molar-refractivity contribution in [3.8, 4) is 0 Å². The van der Waals surface area contributed by atoms with Crippen molar-refractivity contribution in [2.45, 2.75) is 63.6 Å². The topological polar surface area (TPSA) is 0 Å². The quantitative estimate of drug-likeness (QED) is 0.335. The molecule has 0 aromatic heterocycles. The van der Waals surface area contributed by atoms with Gasteiger partial charge in [0.15, 0.2) is 0 Å². The smallest absolute Gasteiger partial charge is 0.0283 e. The van der Waals surface area contributed by atoms with E-state index >= 15 is 0 Å². The Morgan fingerprint density at radius 2 is 1.44 bits per heavy atom. The van der Waals surface area contributed by atoms with Gasteiger partial charge in [-0.15, -0.1) is 0 Å². The van der Waals surface area contributed by atoms with E-state index in [9.17, 15) is 0 Å². The minimum Gasteiger partial charge on any atom is -0.0876 e. The lowest BCUT2D eigenvalue weighted by atomic mass is 10.0. The highest BCUT2D eigenvalue weighted by atomic mass is 79.9. The largest absolute Gasteiger partial charge is 0.0876 e. The fourth-order valence-corrected chi connectivity index (χ4v) is 3.14. The Labute approximate surface area is 129 Å². The van der Waals surface area contributed by atoms with Crippen molar-refractivity contribution in [1.82, 2.24) is 0 Å². The predicted octanol–water partition coefficient (Wildman–Crippen LogP) is 6.64. The normalized spacial score (nSPS) is 10.8. The first kappa shape index (κ1) is 16.2. The standard InChI is InChI=1S/C16H24Br2/c1-2-3-4-5-6-7-8-9-14-10-15(13-17)12-16(18)11-14/h10-12H,2-9,13H2,1H3. The van der Waals surface area contributed by atoms with Crippen molar-refractivity contribution in [3.05, 3.63) is 33.8 Å². The Morgan fingerprint density at radius 3 is 2.11 bits per heavy atom. The van der Waals surface area contributed by atoms with E-state index in [4.69, 9.17) is 0 Å². The highest BCUT2D eigenvalue weighted by Crippen LogP contribution is 2.19. The molecular weight excluding hydrogens is 352 g/mol. The molecule has 1 aromatic rings. The molecule has 0 N–H and O–H groups in total. The molecular formula is C16H24Br2. The fourth-order valence-electron chi connectivity index (χ4n) is 2.23. The molecule has 0 saturated heterocycles. The molecule has 1 aromatic carbocycles. The zero-order valence-electron chi connectivity index (χ0n) is 11.4. The minimum absolute atomic E-state index is 0.941. The maximum Gasteiger partial charge on any atom is 0.0283 e. The molecule has 0 bridgehead atoms. The molecule has 0 amide bonds. The second-order valence-electron chi connectivity index (χ2n) is 4.97. The number of unbranched alkanes of at least 4 members (excludes halogenated alkanes) is 6. The third kappa shape index (κ3) is 6.94. The lowest BCUT2D eigenvalue weighted by molar-refractivity contribution is 0.589. The van der Waals surface area contributed by atoms with Crippen LogP contribution in [0, 0.1) is 0 Å². The van der Waals surface area contributed by atoms with E-state index in [1.165, 1.54) is 67.0 Å². The summed E-state index contributed by atoms with van der Waals surface area (Å²) >= 11 is 7.11. The number of rotatable bonds is 9. The lowest BCUT2D eigenvalue weighted by Crippen LogP contribution is -1.89. The van der Waals surface area contributed by atoms with Gasteiger partial charge in [0, 0.05) is 9.80 Å². The van der Waals surface area contributed by atoms with Gasteiger partial charge in [0.25, 0.3) is 0 Å². The van der Waals surface area contributed by atoms with Crippen molar-refractivity contribution in [2.24, 2.45) is 0 Å². The number of alkyl halides is 1. The van der Waals surface area contributed by atoms with Crippen LogP contribution in [-0.2, 0) is 11.8 Å². The van der Waals surface area contributed by atoms with Crippen LogP contribution in [-0.4, -0.2) is 0 Å². The summed E-state index contributed by atoms with van der Waals surface area (Å²) in [5, 5.41) is 0.941. The van der Waals surface area contributed by atoms with E-state index in [1.807, 2.05) is 0 Å². The van der Waals surface area contributed by atoms with Crippen molar-refractivity contribution in [2.75, 3.05) is 0 Å². The van der Waals surface area contributed by atoms with Gasteiger partial charge in [-0.1, -0.05) is 83.4 Å². The first-order valence-corrected chi connectivity index (χ1v) is 9.02. The van der Waals surface area contributed by atoms with Gasteiger partial charge in [-0.25, -0.2) is 0 Å². The van der Waals surface area contributed by atoms with Crippen LogP contribution in [0.1, 0.15) is 63.0 Å². The third-order valence-corrected chi connectivity index (χ3v) is 4.35. The molecule has 0 atom stereocenters. The van der Waals surface area contributed by atoms with E-state index in [2.05, 4.69) is 57.0 Å². The summed E-state index contributed by atoms with van der Waals surface area (Å²) in [5.41, 5.74) is 2.83. The second-order valence-corrected chi connectivity index (χ2v) is 6.45. The highest BCUT2D eigenvalue weighted by Gasteiger charge is 1.99. The number of aryl methyl sites for hydroxylation is 1. The maximum atomic E-state index is 3.58. The van der Waals surface area contributed by atoms with Gasteiger partial charge < -0.3 is 0 Å². The number of hydrogen-bond acceptors (Lipinski definition) is 0. The van der Waals surface area contributed by atoms with Gasteiger partial charge in [-0.2, -0.15) is 0 Å². The van der Waals surface area contributed by atoms with E-state index in [0.717, 1.165) is 5.33 Å². The number of halogens is 2. The molecule has 2 heteroatoms. The SMILES string of the molecule is CCCCCCCCCc1cc(Br)cc(CBr)c1. The van der Waals surface area contributed by atoms with Gasteiger partial charge in [0.1, 0.15) is 0 Å². The summed E-state index contributed by atoms with van der Waals surface area (Å²) in [5.74, 6) is 0. The molecule has 0 aliphatic rings. The average Bonchev–Trinajstić information content (AvgIpc) is 2.37. The summed E-state index contributed by atoms with van der Waals surface area (Å²) in [4.78, 5) is 0. The molecule has 0 saturated carbocycles. The molecule has 0 aliphatic heterocycles. The molecule has 0 aliphatic carbocycles. The summed E-state index contributed by atoms with van der Waals surface area (Å²) in [6.45, 7) is 2.27. The minimum atomic E-state index is 0.941. The zero-order chi connectivity index (χ0) is 13.2. The van der Waals surface area contributed by atoms with Crippen LogP contribution < -0.4 is 0 Å². The molecule has 0 fully saturated rings. The number of hydrogen-bond donors (Lipinski definition) is 0. The van der Waals surface area contributed by atoms with E-state index in [-0.39, 0.29) is 0 Å². The fraction of sp³-hybridized carbons (Fsp3) is 0.625. The molecule has 0 spiro atoms. The van der Waals surface area contributed by atoms with Crippen molar-refractivity contribution in [1.29, 1.82) is 0 Å². The highest BCUT2D eigenvalue weighted by molar-refractivity contribution is 9.10. The van der Waals surface area contributed by atoms with Gasteiger partial charge in [0.2, 0.25) is 0 Å². The average molecular weight is 376 g/mol. The third-order valence-electron chi connectivity index (χ3n) is 3.24. The van der Waals surface area contributed by atoms with E-state index in [0.29, 0.717) is 0 Å². The van der Waals surface area contributed by atoms with Crippen molar-refractivity contribution >= 4 is 31.9 Å². The van der Waals surface area contributed by atoms with Gasteiger partial charge >= 0.3 is 0 Å². The summed E-state index contributed by atoms with van der Waals surface area (Å²) in [7, 11) is 0. The summed E-state index contributed by atoms with van der Waals surface area (Å²) in [6, 6.07) is 6.75. The Morgan fingerprint density at radius 1 is 0.833 bits per heavy atom. The lowest BCUT2D eigenvalue weighted by Gasteiger charge is -2.05. The summed E-state index contributed by atoms with van der Waals surface area (Å²) < 4.78 is 1.21. The molecule has 1 rings (SSSR count). The van der Waals surface area contributed by atoms with Crippen LogP contribution in [0.15, 0.2) is 22.7 Å². The second kappa shape index (κ2) is 10.0. The molecule has 0 radical (unpaired) electrons. The summed E-state index contributed by atoms with van der Waals surface area (Å²) in [6.07, 6.45) is 10.9. The maximum absolute atomic E-state index is 3.58. The zero-order valence-corrected chi connectivity index (χ0v) is 14.5. The van der Waals surface area contributed by atoms with Crippen LogP contribution >= 0.6 is 31.9 Å². The van der Waals surface area contributed by atoms with E-state index in [1.54, 1.807) is 0 Å². The van der Waals surface area contributed by atoms with Crippen LogP contribution in [0.4, 0.5) is 0 Å². The Bertz CT molecular complexity index is 334. The van der Waals surface area contributed by atoms with Crippen molar-refractivity contribution in [3.63, 3.8) is 0 Å².